The summed E-state index contributed by atoms with van der Waals surface area (Å²) in [5, 5.41) is 3.83. The summed E-state index contributed by atoms with van der Waals surface area (Å²) in [7, 11) is 2.10. The van der Waals surface area contributed by atoms with E-state index in [0.29, 0.717) is 18.9 Å². The van der Waals surface area contributed by atoms with Crippen molar-refractivity contribution < 1.29 is 18.7 Å². The minimum absolute atomic E-state index is 0.120. The fourth-order valence-corrected chi connectivity index (χ4v) is 4.20. The number of aromatic nitrogens is 2. The Morgan fingerprint density at radius 1 is 1.30 bits per heavy atom. The van der Waals surface area contributed by atoms with Gasteiger partial charge >= 0.3 is 5.97 Å². The maximum absolute atomic E-state index is 13.0. The minimum Gasteiger partial charge on any atom is -0.464 e. The van der Waals surface area contributed by atoms with Crippen LogP contribution in [0, 0.1) is 0 Å². The molecule has 1 aliphatic rings. The van der Waals surface area contributed by atoms with Crippen molar-refractivity contribution in [2.75, 3.05) is 26.7 Å². The molecular weight excluding hydrogens is 420 g/mol. The lowest BCUT2D eigenvalue weighted by Gasteiger charge is -2.26. The molecule has 0 aliphatic carbocycles. The van der Waals surface area contributed by atoms with Crippen LogP contribution in [-0.2, 0) is 16.0 Å². The highest BCUT2D eigenvalue weighted by Crippen LogP contribution is 2.27. The number of hydrogen-bond donors (Lipinski definition) is 2. The quantitative estimate of drug-likeness (QED) is 0.380. The van der Waals surface area contributed by atoms with Gasteiger partial charge in [0.2, 0.25) is 5.76 Å². The number of piperidine rings is 1. The molecule has 1 aliphatic heterocycles. The normalized spacial score (nSPS) is 16.1. The third kappa shape index (κ3) is 5.63. The molecule has 1 amide bonds. The largest absolute Gasteiger partial charge is 0.464 e. The molecule has 1 unspecified atom stereocenters. The molecule has 2 N–H and O–H groups in total. The van der Waals surface area contributed by atoms with Crippen LogP contribution in [0.15, 0.2) is 41.1 Å². The fraction of sp³-hybridized carbons (Fsp3) is 0.480. The van der Waals surface area contributed by atoms with E-state index >= 15 is 0 Å². The van der Waals surface area contributed by atoms with Gasteiger partial charge in [0.25, 0.3) is 5.91 Å². The second-order valence-electron chi connectivity index (χ2n) is 8.75. The van der Waals surface area contributed by atoms with Crippen molar-refractivity contribution in [1.29, 1.82) is 0 Å². The maximum Gasteiger partial charge on any atom is 0.328 e. The van der Waals surface area contributed by atoms with E-state index in [0.717, 1.165) is 55.2 Å². The topological polar surface area (TPSA) is 100 Å². The molecule has 3 heterocycles. The molecule has 4 rings (SSSR count). The summed E-state index contributed by atoms with van der Waals surface area (Å²) in [5.41, 5.74) is 1.92. The molecular formula is C25H32N4O4. The Morgan fingerprint density at radius 2 is 2.09 bits per heavy atom. The molecule has 176 valence electrons. The number of oxazole rings is 1. The summed E-state index contributed by atoms with van der Waals surface area (Å²) in [5.74, 6) is 0.0149. The summed E-state index contributed by atoms with van der Waals surface area (Å²) < 4.78 is 11.2. The van der Waals surface area contributed by atoms with Gasteiger partial charge in [-0.05, 0) is 51.0 Å². The average molecular weight is 453 g/mol. The first kappa shape index (κ1) is 23.0. The first-order chi connectivity index (χ1) is 16.0. The number of para-hydroxylation sites is 1. The predicted octanol–water partition coefficient (Wildman–Crippen LogP) is 3.65. The van der Waals surface area contributed by atoms with Gasteiger partial charge in [0, 0.05) is 29.4 Å². The Balaban J connectivity index is 1.47. The number of H-pyrrole nitrogens is 1. The van der Waals surface area contributed by atoms with E-state index in [4.69, 9.17) is 9.15 Å². The summed E-state index contributed by atoms with van der Waals surface area (Å²) >= 11 is 0. The molecule has 1 fully saturated rings. The zero-order valence-electron chi connectivity index (χ0n) is 19.3. The highest BCUT2D eigenvalue weighted by molar-refractivity contribution is 5.94. The lowest BCUT2D eigenvalue weighted by molar-refractivity contribution is -0.146. The summed E-state index contributed by atoms with van der Waals surface area (Å²) in [6.45, 7) is 4.32. The number of unbranched alkanes of at least 4 members (excludes halogenated alkanes) is 1. The number of carbonyl (C=O) groups is 2. The minimum atomic E-state index is -0.828. The van der Waals surface area contributed by atoms with E-state index < -0.39 is 17.9 Å². The standard InChI is InChI=1S/C25H32N4O4/c1-3-4-13-32-25(31)21(14-18-15-26-20-8-6-5-7-19(18)20)28-23(30)22-16-27-24(33-22)17-9-11-29(2)12-10-17/h5-8,15-17,21,26H,3-4,9-14H2,1-2H3,(H,28,30). The number of nitrogens with one attached hydrogen (secondary N) is 2. The van der Waals surface area contributed by atoms with Gasteiger partial charge in [-0.2, -0.15) is 0 Å². The van der Waals surface area contributed by atoms with Gasteiger partial charge in [0.1, 0.15) is 6.04 Å². The molecule has 0 spiro atoms. The van der Waals surface area contributed by atoms with E-state index in [1.165, 1.54) is 6.20 Å². The van der Waals surface area contributed by atoms with Crippen LogP contribution in [0.1, 0.15) is 60.5 Å². The number of aromatic amines is 1. The third-order valence-electron chi connectivity index (χ3n) is 6.25. The Labute approximate surface area is 193 Å². The number of fused-ring (bicyclic) bond motifs is 1. The second-order valence-corrected chi connectivity index (χ2v) is 8.75. The molecule has 8 nitrogen and oxygen atoms in total. The van der Waals surface area contributed by atoms with Crippen LogP contribution in [0.3, 0.4) is 0 Å². The van der Waals surface area contributed by atoms with Gasteiger partial charge in [-0.3, -0.25) is 4.79 Å². The molecule has 0 radical (unpaired) electrons. The van der Waals surface area contributed by atoms with Crippen LogP contribution >= 0.6 is 0 Å². The highest BCUT2D eigenvalue weighted by Gasteiger charge is 2.28. The Kier molecular flexibility index (Phi) is 7.44. The molecule has 1 aromatic carbocycles. The first-order valence-corrected chi connectivity index (χ1v) is 11.7. The van der Waals surface area contributed by atoms with Gasteiger partial charge in [-0.1, -0.05) is 31.5 Å². The number of rotatable bonds is 9. The number of carbonyl (C=O) groups excluding carboxylic acids is 2. The van der Waals surface area contributed by atoms with Crippen molar-refractivity contribution in [1.82, 2.24) is 20.2 Å². The Hall–Kier alpha value is -3.13. The Bertz CT molecular complexity index is 1080. The molecule has 2 aromatic heterocycles. The molecule has 1 atom stereocenters. The lowest BCUT2D eigenvalue weighted by atomic mass is 9.97. The van der Waals surface area contributed by atoms with Crippen molar-refractivity contribution in [2.24, 2.45) is 0 Å². The van der Waals surface area contributed by atoms with Crippen LogP contribution in [0.25, 0.3) is 10.9 Å². The van der Waals surface area contributed by atoms with Crippen molar-refractivity contribution in [3.63, 3.8) is 0 Å². The summed E-state index contributed by atoms with van der Waals surface area (Å²) in [6, 6.07) is 7.04. The first-order valence-electron chi connectivity index (χ1n) is 11.7. The molecule has 0 bridgehead atoms. The number of amides is 1. The molecule has 3 aromatic rings. The molecule has 0 saturated carbocycles. The monoisotopic (exact) mass is 452 g/mol. The fourth-order valence-electron chi connectivity index (χ4n) is 4.20. The smallest absolute Gasteiger partial charge is 0.328 e. The van der Waals surface area contributed by atoms with Crippen molar-refractivity contribution in [2.45, 2.75) is 51.0 Å². The zero-order chi connectivity index (χ0) is 23.2. The number of esters is 1. The highest BCUT2D eigenvalue weighted by atomic mass is 16.5. The number of hydrogen-bond acceptors (Lipinski definition) is 6. The van der Waals surface area contributed by atoms with Crippen LogP contribution in [-0.4, -0.2) is 59.5 Å². The zero-order valence-corrected chi connectivity index (χ0v) is 19.3. The number of nitrogens with zero attached hydrogens (tertiary/aromatic N) is 2. The van der Waals surface area contributed by atoms with Crippen molar-refractivity contribution in [3.8, 4) is 0 Å². The van der Waals surface area contributed by atoms with Crippen LogP contribution in [0.2, 0.25) is 0 Å². The molecule has 33 heavy (non-hydrogen) atoms. The van der Waals surface area contributed by atoms with Crippen LogP contribution < -0.4 is 5.32 Å². The van der Waals surface area contributed by atoms with E-state index in [-0.39, 0.29) is 11.7 Å². The van der Waals surface area contributed by atoms with Crippen molar-refractivity contribution >= 4 is 22.8 Å². The summed E-state index contributed by atoms with van der Waals surface area (Å²) in [6.07, 6.45) is 7.24. The van der Waals surface area contributed by atoms with E-state index in [2.05, 4.69) is 27.2 Å². The van der Waals surface area contributed by atoms with E-state index in [9.17, 15) is 9.59 Å². The lowest BCUT2D eigenvalue weighted by Crippen LogP contribution is -2.43. The number of likely N-dealkylation sites (tertiary alicyclic amines) is 1. The van der Waals surface area contributed by atoms with E-state index in [1.807, 2.05) is 37.4 Å². The average Bonchev–Trinajstić information content (AvgIpc) is 3.47. The van der Waals surface area contributed by atoms with Gasteiger partial charge < -0.3 is 24.4 Å². The SMILES string of the molecule is CCCCOC(=O)C(Cc1c[nH]c2ccccc12)NC(=O)c1cnc(C2CCN(C)CC2)o1. The van der Waals surface area contributed by atoms with Gasteiger partial charge in [-0.25, -0.2) is 9.78 Å². The van der Waals surface area contributed by atoms with Gasteiger partial charge in [-0.15, -0.1) is 0 Å². The molecule has 8 heteroatoms. The van der Waals surface area contributed by atoms with E-state index in [1.54, 1.807) is 0 Å². The second kappa shape index (κ2) is 10.7. The maximum atomic E-state index is 13.0. The van der Waals surface area contributed by atoms with Gasteiger partial charge in [0.05, 0.1) is 12.8 Å². The van der Waals surface area contributed by atoms with Crippen LogP contribution in [0.4, 0.5) is 0 Å². The number of ether oxygens (including phenoxy) is 1. The van der Waals surface area contributed by atoms with Crippen molar-refractivity contribution in [3.05, 3.63) is 53.9 Å². The van der Waals surface area contributed by atoms with Gasteiger partial charge in [0.15, 0.2) is 5.89 Å². The number of benzene rings is 1. The Morgan fingerprint density at radius 3 is 2.88 bits per heavy atom. The predicted molar refractivity (Wildman–Crippen MR) is 125 cm³/mol. The summed E-state index contributed by atoms with van der Waals surface area (Å²) in [4.78, 5) is 35.6. The third-order valence-corrected chi connectivity index (χ3v) is 6.25. The van der Waals surface area contributed by atoms with Crippen LogP contribution in [0.5, 0.6) is 0 Å². The molecule has 1 saturated heterocycles.